The van der Waals surface area contributed by atoms with Gasteiger partial charge in [0.1, 0.15) is 0 Å². The van der Waals surface area contributed by atoms with Crippen LogP contribution in [0.2, 0.25) is 0 Å². The molecule has 0 bridgehead atoms. The molecule has 0 aromatic carbocycles. The summed E-state index contributed by atoms with van der Waals surface area (Å²) in [5.41, 5.74) is -0.761. The van der Waals surface area contributed by atoms with Crippen LogP contribution in [0.1, 0.15) is 64.7 Å². The van der Waals surface area contributed by atoms with Gasteiger partial charge in [-0.3, -0.25) is 9.59 Å². The number of carbonyl (C=O) groups excluding carboxylic acids is 1. The lowest BCUT2D eigenvalue weighted by Crippen LogP contribution is -2.45. The summed E-state index contributed by atoms with van der Waals surface area (Å²) in [4.78, 5) is 23.3. The van der Waals surface area contributed by atoms with Gasteiger partial charge < -0.3 is 10.4 Å². The first-order chi connectivity index (χ1) is 9.05. The van der Waals surface area contributed by atoms with E-state index in [-0.39, 0.29) is 18.4 Å². The minimum absolute atomic E-state index is 0.0659. The van der Waals surface area contributed by atoms with Crippen molar-refractivity contribution in [2.45, 2.75) is 70.8 Å². The molecule has 4 nitrogen and oxygen atoms in total. The van der Waals surface area contributed by atoms with E-state index in [1.54, 1.807) is 0 Å². The Balaban J connectivity index is 1.82. The van der Waals surface area contributed by atoms with E-state index in [0.29, 0.717) is 12.8 Å². The third-order valence-corrected chi connectivity index (χ3v) is 4.99. The molecule has 0 aromatic heterocycles. The van der Waals surface area contributed by atoms with Crippen molar-refractivity contribution in [3.8, 4) is 0 Å². The summed E-state index contributed by atoms with van der Waals surface area (Å²) in [5, 5.41) is 12.3. The fourth-order valence-corrected chi connectivity index (χ4v) is 3.45. The lowest BCUT2D eigenvalue weighted by atomic mass is 9.66. The molecule has 0 aliphatic heterocycles. The van der Waals surface area contributed by atoms with Crippen LogP contribution in [0.4, 0.5) is 0 Å². The van der Waals surface area contributed by atoms with Crippen LogP contribution >= 0.6 is 0 Å². The van der Waals surface area contributed by atoms with E-state index in [4.69, 9.17) is 0 Å². The van der Waals surface area contributed by atoms with Crippen molar-refractivity contribution in [2.75, 3.05) is 0 Å². The summed E-state index contributed by atoms with van der Waals surface area (Å²) >= 11 is 0. The van der Waals surface area contributed by atoms with Gasteiger partial charge >= 0.3 is 5.97 Å². The Morgan fingerprint density at radius 1 is 1.26 bits per heavy atom. The summed E-state index contributed by atoms with van der Waals surface area (Å²) in [6.07, 6.45) is 8.11. The topological polar surface area (TPSA) is 66.4 Å². The van der Waals surface area contributed by atoms with E-state index >= 15 is 0 Å². The SMILES string of the molecule is CCC1CCCC(NC(=O)CC2(C(=O)O)CCC2)C1. The van der Waals surface area contributed by atoms with Crippen molar-refractivity contribution in [1.29, 1.82) is 0 Å². The van der Waals surface area contributed by atoms with Gasteiger partial charge in [0.2, 0.25) is 5.91 Å². The van der Waals surface area contributed by atoms with Gasteiger partial charge in [0, 0.05) is 12.5 Å². The van der Waals surface area contributed by atoms with Gasteiger partial charge in [-0.1, -0.05) is 32.6 Å². The largest absolute Gasteiger partial charge is 0.481 e. The fraction of sp³-hybridized carbons (Fsp3) is 0.867. The minimum Gasteiger partial charge on any atom is -0.481 e. The lowest BCUT2D eigenvalue weighted by molar-refractivity contribution is -0.157. The van der Waals surface area contributed by atoms with Crippen molar-refractivity contribution < 1.29 is 14.7 Å². The molecule has 0 radical (unpaired) electrons. The number of carbonyl (C=O) groups is 2. The standard InChI is InChI=1S/C15H25NO3/c1-2-11-5-3-6-12(9-11)16-13(17)10-15(14(18)19)7-4-8-15/h11-12H,2-10H2,1H3,(H,16,17)(H,18,19). The summed E-state index contributed by atoms with van der Waals surface area (Å²) in [6, 6.07) is 0.261. The highest BCUT2D eigenvalue weighted by molar-refractivity contribution is 5.85. The summed E-state index contributed by atoms with van der Waals surface area (Å²) in [5.74, 6) is -0.149. The molecule has 2 atom stereocenters. The average Bonchev–Trinajstić information content (AvgIpc) is 2.33. The third-order valence-electron chi connectivity index (χ3n) is 4.99. The highest BCUT2D eigenvalue weighted by Gasteiger charge is 2.46. The zero-order valence-corrected chi connectivity index (χ0v) is 11.8. The number of rotatable bonds is 5. The Bertz CT molecular complexity index is 349. The second-order valence-electron chi connectivity index (χ2n) is 6.32. The Kier molecular flexibility index (Phi) is 4.48. The summed E-state index contributed by atoms with van der Waals surface area (Å²) < 4.78 is 0. The first-order valence-electron chi connectivity index (χ1n) is 7.58. The van der Waals surface area contributed by atoms with Crippen LogP contribution in [0.3, 0.4) is 0 Å². The van der Waals surface area contributed by atoms with E-state index in [1.165, 1.54) is 19.3 Å². The normalized spacial score (nSPS) is 29.3. The predicted octanol–water partition coefficient (Wildman–Crippen LogP) is 2.72. The molecule has 0 aromatic rings. The van der Waals surface area contributed by atoms with E-state index in [0.717, 1.165) is 25.2 Å². The lowest BCUT2D eigenvalue weighted by Gasteiger charge is -2.37. The van der Waals surface area contributed by atoms with Crippen LogP contribution in [0.25, 0.3) is 0 Å². The highest BCUT2D eigenvalue weighted by Crippen LogP contribution is 2.44. The Hall–Kier alpha value is -1.06. The quantitative estimate of drug-likeness (QED) is 0.805. The van der Waals surface area contributed by atoms with Gasteiger partial charge in [-0.05, 0) is 31.6 Å². The van der Waals surface area contributed by atoms with Gasteiger partial charge in [-0.15, -0.1) is 0 Å². The number of carboxylic acids is 1. The molecule has 19 heavy (non-hydrogen) atoms. The van der Waals surface area contributed by atoms with Gasteiger partial charge in [-0.2, -0.15) is 0 Å². The minimum atomic E-state index is -0.802. The van der Waals surface area contributed by atoms with Gasteiger partial charge in [0.25, 0.3) is 0 Å². The monoisotopic (exact) mass is 267 g/mol. The summed E-state index contributed by atoms with van der Waals surface area (Å²) in [6.45, 7) is 2.20. The van der Waals surface area contributed by atoms with E-state index < -0.39 is 11.4 Å². The molecule has 2 unspecified atom stereocenters. The van der Waals surface area contributed by atoms with Gasteiger partial charge in [0.05, 0.1) is 5.41 Å². The molecule has 2 fully saturated rings. The van der Waals surface area contributed by atoms with Crippen molar-refractivity contribution in [3.63, 3.8) is 0 Å². The second-order valence-corrected chi connectivity index (χ2v) is 6.32. The number of aliphatic carboxylic acids is 1. The van der Waals surface area contributed by atoms with Crippen molar-refractivity contribution >= 4 is 11.9 Å². The first-order valence-corrected chi connectivity index (χ1v) is 7.58. The van der Waals surface area contributed by atoms with Crippen LogP contribution < -0.4 is 5.32 Å². The van der Waals surface area contributed by atoms with Crippen LogP contribution in [0, 0.1) is 11.3 Å². The van der Waals surface area contributed by atoms with Crippen molar-refractivity contribution in [3.05, 3.63) is 0 Å². The highest BCUT2D eigenvalue weighted by atomic mass is 16.4. The molecule has 2 saturated carbocycles. The smallest absolute Gasteiger partial charge is 0.310 e. The average molecular weight is 267 g/mol. The van der Waals surface area contributed by atoms with Gasteiger partial charge in [-0.25, -0.2) is 0 Å². The molecule has 0 spiro atoms. The number of nitrogens with one attached hydrogen (secondary N) is 1. The zero-order valence-electron chi connectivity index (χ0n) is 11.8. The molecule has 0 heterocycles. The van der Waals surface area contributed by atoms with E-state index in [2.05, 4.69) is 12.2 Å². The number of hydrogen-bond acceptors (Lipinski definition) is 2. The molecule has 2 aliphatic rings. The maximum atomic E-state index is 12.0. The molecule has 108 valence electrons. The van der Waals surface area contributed by atoms with Crippen LogP contribution in [-0.2, 0) is 9.59 Å². The predicted molar refractivity (Wildman–Crippen MR) is 72.7 cm³/mol. The molecule has 2 rings (SSSR count). The third kappa shape index (κ3) is 3.28. The molecule has 0 saturated heterocycles. The Morgan fingerprint density at radius 3 is 2.53 bits per heavy atom. The second kappa shape index (κ2) is 5.93. The van der Waals surface area contributed by atoms with E-state index in [9.17, 15) is 14.7 Å². The van der Waals surface area contributed by atoms with Crippen LogP contribution in [0.15, 0.2) is 0 Å². The van der Waals surface area contributed by atoms with E-state index in [1.807, 2.05) is 0 Å². The number of amides is 1. The number of hydrogen-bond donors (Lipinski definition) is 2. The zero-order chi connectivity index (χ0) is 13.9. The van der Waals surface area contributed by atoms with Crippen LogP contribution in [0.5, 0.6) is 0 Å². The molecule has 2 aliphatic carbocycles. The van der Waals surface area contributed by atoms with Crippen molar-refractivity contribution in [2.24, 2.45) is 11.3 Å². The van der Waals surface area contributed by atoms with Gasteiger partial charge in [0.15, 0.2) is 0 Å². The first kappa shape index (κ1) is 14.4. The van der Waals surface area contributed by atoms with Crippen LogP contribution in [-0.4, -0.2) is 23.0 Å². The molecular weight excluding hydrogens is 242 g/mol. The Morgan fingerprint density at radius 2 is 2.00 bits per heavy atom. The maximum Gasteiger partial charge on any atom is 0.310 e. The molecule has 4 heteroatoms. The maximum absolute atomic E-state index is 12.0. The molecule has 2 N–H and O–H groups in total. The fourth-order valence-electron chi connectivity index (χ4n) is 3.45. The number of carboxylic acid groups (broad SMARTS) is 1. The molecular formula is C15H25NO3. The van der Waals surface area contributed by atoms with Crippen molar-refractivity contribution in [1.82, 2.24) is 5.32 Å². The molecule has 1 amide bonds. The summed E-state index contributed by atoms with van der Waals surface area (Å²) in [7, 11) is 0. The Labute approximate surface area is 115 Å².